The summed E-state index contributed by atoms with van der Waals surface area (Å²) in [6.45, 7) is 3.87. The largest absolute Gasteiger partial charge is 0.495 e. The molecule has 30 heavy (non-hydrogen) atoms. The zero-order chi connectivity index (χ0) is 20.9. The Bertz CT molecular complexity index is 1010. The van der Waals surface area contributed by atoms with Crippen LogP contribution < -0.4 is 4.74 Å². The highest BCUT2D eigenvalue weighted by Gasteiger charge is 2.24. The average molecular weight is 424 g/mol. The Morgan fingerprint density at radius 3 is 2.80 bits per heavy atom. The minimum atomic E-state index is 0.139. The number of thioether (sulfide) groups is 1. The number of methoxy groups -OCH3 is 1. The third kappa shape index (κ3) is 4.33. The summed E-state index contributed by atoms with van der Waals surface area (Å²) in [5.74, 6) is 2.33. The maximum Gasteiger partial charge on any atom is 0.233 e. The molecule has 0 radical (unpaired) electrons. The Labute approximate surface area is 180 Å². The van der Waals surface area contributed by atoms with E-state index in [1.54, 1.807) is 13.3 Å². The van der Waals surface area contributed by atoms with Crippen molar-refractivity contribution in [3.8, 4) is 23.0 Å². The fraction of sp³-hybridized carbons (Fsp3) is 0.364. The summed E-state index contributed by atoms with van der Waals surface area (Å²) in [5, 5.41) is 9.41. The van der Waals surface area contributed by atoms with Crippen LogP contribution in [-0.2, 0) is 4.79 Å². The number of rotatable bonds is 6. The molecule has 0 bridgehead atoms. The molecule has 3 heterocycles. The van der Waals surface area contributed by atoms with Crippen LogP contribution in [0.1, 0.15) is 19.8 Å². The molecule has 0 saturated carbocycles. The number of ether oxygens (including phenoxy) is 1. The van der Waals surface area contributed by atoms with Gasteiger partial charge in [0.25, 0.3) is 0 Å². The molecule has 1 aromatic carbocycles. The van der Waals surface area contributed by atoms with Crippen molar-refractivity contribution < 1.29 is 9.53 Å². The lowest BCUT2D eigenvalue weighted by Gasteiger charge is -2.30. The van der Waals surface area contributed by atoms with E-state index in [0.29, 0.717) is 34.1 Å². The van der Waals surface area contributed by atoms with Gasteiger partial charge in [0.2, 0.25) is 5.91 Å². The van der Waals surface area contributed by atoms with Crippen molar-refractivity contribution in [3.05, 3.63) is 48.7 Å². The van der Waals surface area contributed by atoms with Gasteiger partial charge in [-0.25, -0.2) is 0 Å². The second kappa shape index (κ2) is 9.30. The summed E-state index contributed by atoms with van der Waals surface area (Å²) < 4.78 is 7.48. The fourth-order valence-electron chi connectivity index (χ4n) is 3.69. The number of para-hydroxylation sites is 2. The van der Waals surface area contributed by atoms with Crippen LogP contribution in [-0.4, -0.2) is 56.5 Å². The molecule has 8 heteroatoms. The Kier molecular flexibility index (Phi) is 6.32. The Hall–Kier alpha value is -2.87. The number of piperidine rings is 1. The maximum absolute atomic E-state index is 12.8. The van der Waals surface area contributed by atoms with E-state index in [1.807, 2.05) is 51.9 Å². The molecule has 3 aromatic rings. The van der Waals surface area contributed by atoms with Crippen molar-refractivity contribution in [3.63, 3.8) is 0 Å². The molecule has 1 saturated heterocycles. The first kappa shape index (κ1) is 20.4. The second-order valence-electron chi connectivity index (χ2n) is 7.40. The number of amides is 1. The zero-order valence-corrected chi connectivity index (χ0v) is 18.0. The van der Waals surface area contributed by atoms with Crippen LogP contribution in [0.5, 0.6) is 5.75 Å². The molecular weight excluding hydrogens is 398 g/mol. The van der Waals surface area contributed by atoms with Gasteiger partial charge in [0.05, 0.1) is 18.6 Å². The van der Waals surface area contributed by atoms with Crippen LogP contribution in [0.15, 0.2) is 53.8 Å². The van der Waals surface area contributed by atoms with Crippen molar-refractivity contribution in [1.29, 1.82) is 0 Å². The number of hydrogen-bond acceptors (Lipinski definition) is 6. The molecule has 0 spiro atoms. The summed E-state index contributed by atoms with van der Waals surface area (Å²) >= 11 is 1.39. The van der Waals surface area contributed by atoms with Crippen molar-refractivity contribution in [2.75, 3.05) is 26.0 Å². The average Bonchev–Trinajstić information content (AvgIpc) is 3.21. The third-order valence-electron chi connectivity index (χ3n) is 5.19. The monoisotopic (exact) mass is 423 g/mol. The van der Waals surface area contributed by atoms with Gasteiger partial charge in [-0.05, 0) is 43.0 Å². The minimum Gasteiger partial charge on any atom is -0.495 e. The Morgan fingerprint density at radius 1 is 1.20 bits per heavy atom. The smallest absolute Gasteiger partial charge is 0.233 e. The van der Waals surface area contributed by atoms with Crippen molar-refractivity contribution in [2.45, 2.75) is 24.9 Å². The highest BCUT2D eigenvalue weighted by molar-refractivity contribution is 7.99. The van der Waals surface area contributed by atoms with Gasteiger partial charge in [-0.3, -0.25) is 14.3 Å². The third-order valence-corrected chi connectivity index (χ3v) is 6.10. The van der Waals surface area contributed by atoms with Crippen LogP contribution in [0.25, 0.3) is 17.2 Å². The summed E-state index contributed by atoms with van der Waals surface area (Å²) in [4.78, 5) is 19.2. The second-order valence-corrected chi connectivity index (χ2v) is 8.35. The van der Waals surface area contributed by atoms with Gasteiger partial charge in [0.15, 0.2) is 11.0 Å². The molecule has 1 amide bonds. The number of pyridine rings is 1. The van der Waals surface area contributed by atoms with E-state index < -0.39 is 0 Å². The fourth-order valence-corrected chi connectivity index (χ4v) is 4.54. The first-order chi connectivity index (χ1) is 14.7. The summed E-state index contributed by atoms with van der Waals surface area (Å²) in [5.41, 5.74) is 1.52. The van der Waals surface area contributed by atoms with Gasteiger partial charge in [-0.1, -0.05) is 36.9 Å². The van der Waals surface area contributed by atoms with Crippen LogP contribution in [0.2, 0.25) is 0 Å². The molecule has 7 nitrogen and oxygen atoms in total. The number of likely N-dealkylation sites (tertiary alicyclic amines) is 1. The lowest BCUT2D eigenvalue weighted by Crippen LogP contribution is -2.40. The number of hydrogen-bond donors (Lipinski definition) is 0. The maximum atomic E-state index is 12.8. The van der Waals surface area contributed by atoms with E-state index in [0.717, 1.165) is 25.2 Å². The molecule has 0 N–H and O–H groups in total. The molecule has 156 valence electrons. The molecule has 0 aliphatic carbocycles. The van der Waals surface area contributed by atoms with E-state index in [1.165, 1.54) is 18.2 Å². The van der Waals surface area contributed by atoms with Gasteiger partial charge >= 0.3 is 0 Å². The molecule has 1 aliphatic rings. The van der Waals surface area contributed by atoms with Gasteiger partial charge in [0, 0.05) is 19.3 Å². The van der Waals surface area contributed by atoms with Crippen LogP contribution in [0.4, 0.5) is 0 Å². The predicted octanol–water partition coefficient (Wildman–Crippen LogP) is 3.69. The van der Waals surface area contributed by atoms with E-state index in [4.69, 9.17) is 4.74 Å². The summed E-state index contributed by atoms with van der Waals surface area (Å²) in [7, 11) is 1.64. The molecule has 1 fully saturated rings. The van der Waals surface area contributed by atoms with Gasteiger partial charge in [-0.2, -0.15) is 0 Å². The molecule has 2 aromatic heterocycles. The number of aromatic nitrogens is 4. The van der Waals surface area contributed by atoms with Gasteiger partial charge in [-0.15, -0.1) is 10.2 Å². The normalized spacial score (nSPS) is 16.5. The molecule has 4 rings (SSSR count). The number of carbonyl (C=O) groups excluding carboxylic acids is 1. The van der Waals surface area contributed by atoms with Gasteiger partial charge in [0.1, 0.15) is 11.4 Å². The van der Waals surface area contributed by atoms with Crippen LogP contribution in [0, 0.1) is 5.92 Å². The molecule has 1 atom stereocenters. The minimum absolute atomic E-state index is 0.139. The molecular formula is C22H25N5O2S. The Balaban J connectivity index is 1.65. The van der Waals surface area contributed by atoms with E-state index in [2.05, 4.69) is 22.1 Å². The van der Waals surface area contributed by atoms with Crippen molar-refractivity contribution in [2.24, 2.45) is 5.92 Å². The lowest BCUT2D eigenvalue weighted by molar-refractivity contribution is -0.130. The first-order valence-electron chi connectivity index (χ1n) is 10.1. The molecule has 0 unspecified atom stereocenters. The van der Waals surface area contributed by atoms with Crippen LogP contribution >= 0.6 is 11.8 Å². The number of carbonyl (C=O) groups is 1. The zero-order valence-electron chi connectivity index (χ0n) is 17.2. The first-order valence-corrected chi connectivity index (χ1v) is 11.1. The van der Waals surface area contributed by atoms with E-state index >= 15 is 0 Å². The van der Waals surface area contributed by atoms with Gasteiger partial charge < -0.3 is 9.64 Å². The van der Waals surface area contributed by atoms with E-state index in [-0.39, 0.29) is 5.91 Å². The Morgan fingerprint density at radius 2 is 2.03 bits per heavy atom. The van der Waals surface area contributed by atoms with Crippen LogP contribution in [0.3, 0.4) is 0 Å². The molecule has 1 aliphatic heterocycles. The standard InChI is InChI=1S/C22H25N5O2S/c1-16-8-7-13-26(14-16)20(28)15-30-22-25-24-21(17-9-5-6-12-23-17)27(22)18-10-3-4-11-19(18)29-2/h3-6,9-12,16H,7-8,13-15H2,1-2H3/t16-/m0/s1. The highest BCUT2D eigenvalue weighted by atomic mass is 32.2. The quantitative estimate of drug-likeness (QED) is 0.563. The lowest BCUT2D eigenvalue weighted by atomic mass is 10.0. The summed E-state index contributed by atoms with van der Waals surface area (Å²) in [6, 6.07) is 13.4. The SMILES string of the molecule is COc1ccccc1-n1c(SCC(=O)N2CCC[C@H](C)C2)nnc1-c1ccccn1. The summed E-state index contributed by atoms with van der Waals surface area (Å²) in [6.07, 6.45) is 3.98. The highest BCUT2D eigenvalue weighted by Crippen LogP contribution is 2.32. The predicted molar refractivity (Wildman–Crippen MR) is 117 cm³/mol. The van der Waals surface area contributed by atoms with Crippen molar-refractivity contribution in [1.82, 2.24) is 24.6 Å². The van der Waals surface area contributed by atoms with E-state index in [9.17, 15) is 4.79 Å². The van der Waals surface area contributed by atoms with Crippen molar-refractivity contribution >= 4 is 17.7 Å². The topological polar surface area (TPSA) is 73.1 Å². The number of nitrogens with zero attached hydrogens (tertiary/aromatic N) is 5. The number of benzene rings is 1.